The Bertz CT molecular complexity index is 855. The second kappa shape index (κ2) is 8.45. The lowest BCUT2D eigenvalue weighted by molar-refractivity contribution is -0.313. The molecule has 2 atom stereocenters. The first kappa shape index (κ1) is 20.5. The van der Waals surface area contributed by atoms with Crippen LogP contribution in [0.3, 0.4) is 0 Å². The summed E-state index contributed by atoms with van der Waals surface area (Å²) in [5.74, 6) is -2.66. The number of nitrogens with one attached hydrogen (secondary N) is 1. The molecule has 152 valence electrons. The number of amides is 1. The topological polar surface area (TPSA) is 107 Å². The molecule has 0 spiro atoms. The van der Waals surface area contributed by atoms with Gasteiger partial charge in [-0.15, -0.1) is 0 Å². The highest BCUT2D eigenvalue weighted by Crippen LogP contribution is 2.28. The van der Waals surface area contributed by atoms with Crippen LogP contribution in [-0.2, 0) is 19.6 Å². The van der Waals surface area contributed by atoms with Gasteiger partial charge in [0.2, 0.25) is 15.9 Å². The van der Waals surface area contributed by atoms with E-state index in [9.17, 15) is 23.1 Å². The minimum absolute atomic E-state index is 0.188. The zero-order valence-corrected chi connectivity index (χ0v) is 16.7. The predicted molar refractivity (Wildman–Crippen MR) is 103 cm³/mol. The third-order valence-corrected chi connectivity index (χ3v) is 7.49. The van der Waals surface area contributed by atoms with Crippen molar-refractivity contribution in [3.05, 3.63) is 36.4 Å². The summed E-state index contributed by atoms with van der Waals surface area (Å²) in [6.45, 7) is 3.15. The van der Waals surface area contributed by atoms with Crippen LogP contribution < -0.4 is 10.4 Å². The van der Waals surface area contributed by atoms with Crippen LogP contribution in [0.15, 0.2) is 41.3 Å². The first-order valence-electron chi connectivity index (χ1n) is 9.56. The summed E-state index contributed by atoms with van der Waals surface area (Å²) in [5.41, 5.74) is 0.433. The number of piperidine rings is 1. The lowest BCUT2D eigenvalue weighted by Crippen LogP contribution is -2.41. The van der Waals surface area contributed by atoms with Crippen molar-refractivity contribution in [3.63, 3.8) is 0 Å². The number of anilines is 1. The van der Waals surface area contributed by atoms with Crippen molar-refractivity contribution < 1.29 is 23.1 Å². The lowest BCUT2D eigenvalue weighted by Gasteiger charge is -2.29. The standard InChI is InChI=1S/C20H26N2O5S/c1-14-10-12-22(13-11-14)28(26,27)16-8-6-15(7-9-16)21-19(23)17-4-2-3-5-18(17)20(24)25/h2-3,6-9,14,17-18H,4-5,10-13H2,1H3,(H,21,23)(H,24,25)/p-1/t17-,18+/m1/s1. The third kappa shape index (κ3) is 4.44. The fourth-order valence-corrected chi connectivity index (χ4v) is 5.15. The van der Waals surface area contributed by atoms with Crippen LogP contribution in [0, 0.1) is 17.8 Å². The van der Waals surface area contributed by atoms with E-state index in [0.717, 1.165) is 12.8 Å². The van der Waals surface area contributed by atoms with E-state index in [1.165, 1.54) is 28.6 Å². The number of hydrogen-bond donors (Lipinski definition) is 1. The SMILES string of the molecule is CC1CCN(S(=O)(=O)c2ccc(NC(=O)[C@@H]3CC=CC[C@@H]3C(=O)[O-])cc2)CC1. The normalized spacial score (nSPS) is 24.0. The Kier molecular flexibility index (Phi) is 6.20. The highest BCUT2D eigenvalue weighted by atomic mass is 32.2. The van der Waals surface area contributed by atoms with Crippen molar-refractivity contribution in [1.82, 2.24) is 4.31 Å². The molecule has 0 radical (unpaired) electrons. The number of rotatable bonds is 5. The van der Waals surface area contributed by atoms with Gasteiger partial charge in [-0.3, -0.25) is 4.79 Å². The van der Waals surface area contributed by atoms with E-state index in [0.29, 0.717) is 31.1 Å². The number of carbonyl (C=O) groups is 2. The summed E-state index contributed by atoms with van der Waals surface area (Å²) in [6.07, 6.45) is 5.84. The minimum Gasteiger partial charge on any atom is -0.550 e. The molecule has 1 amide bonds. The van der Waals surface area contributed by atoms with E-state index in [2.05, 4.69) is 12.2 Å². The van der Waals surface area contributed by atoms with Gasteiger partial charge in [-0.05, 0) is 55.9 Å². The molecule has 0 saturated carbocycles. The van der Waals surface area contributed by atoms with E-state index in [1.807, 2.05) is 0 Å². The number of hydrogen-bond acceptors (Lipinski definition) is 5. The number of aliphatic carboxylic acids is 1. The summed E-state index contributed by atoms with van der Waals surface area (Å²) in [4.78, 5) is 23.9. The van der Waals surface area contributed by atoms with Gasteiger partial charge in [0.25, 0.3) is 0 Å². The number of allylic oxidation sites excluding steroid dienone is 2. The highest BCUT2D eigenvalue weighted by Gasteiger charge is 2.30. The van der Waals surface area contributed by atoms with Gasteiger partial charge in [-0.2, -0.15) is 4.31 Å². The van der Waals surface area contributed by atoms with Crippen molar-refractivity contribution in [3.8, 4) is 0 Å². The Morgan fingerprint density at radius 3 is 2.18 bits per heavy atom. The summed E-state index contributed by atoms with van der Waals surface area (Å²) in [7, 11) is -3.55. The van der Waals surface area contributed by atoms with Gasteiger partial charge < -0.3 is 15.2 Å². The quantitative estimate of drug-likeness (QED) is 0.745. The number of benzene rings is 1. The van der Waals surface area contributed by atoms with Gasteiger partial charge in [-0.1, -0.05) is 19.1 Å². The number of carboxylic acids is 1. The molecule has 3 rings (SSSR count). The smallest absolute Gasteiger partial charge is 0.243 e. The summed E-state index contributed by atoms with van der Waals surface area (Å²) in [5, 5.41) is 13.9. The molecule has 1 N–H and O–H groups in total. The third-order valence-electron chi connectivity index (χ3n) is 5.57. The molecule has 0 aromatic heterocycles. The molecule has 1 aromatic carbocycles. The molecule has 8 heteroatoms. The first-order valence-corrected chi connectivity index (χ1v) is 11.0. The largest absolute Gasteiger partial charge is 0.550 e. The second-order valence-electron chi connectivity index (χ2n) is 7.58. The van der Waals surface area contributed by atoms with E-state index < -0.39 is 33.7 Å². The van der Waals surface area contributed by atoms with Crippen LogP contribution in [0.4, 0.5) is 5.69 Å². The highest BCUT2D eigenvalue weighted by molar-refractivity contribution is 7.89. The van der Waals surface area contributed by atoms with E-state index in [-0.39, 0.29) is 11.3 Å². The van der Waals surface area contributed by atoms with Crippen molar-refractivity contribution in [2.45, 2.75) is 37.5 Å². The molecular formula is C20H25N2O5S-. The average Bonchev–Trinajstić information content (AvgIpc) is 2.68. The Balaban J connectivity index is 1.68. The molecule has 28 heavy (non-hydrogen) atoms. The van der Waals surface area contributed by atoms with E-state index >= 15 is 0 Å². The molecular weight excluding hydrogens is 380 g/mol. The monoisotopic (exact) mass is 405 g/mol. The summed E-state index contributed by atoms with van der Waals surface area (Å²) in [6, 6.07) is 6.01. The molecule has 1 aliphatic heterocycles. The van der Waals surface area contributed by atoms with Crippen LogP contribution in [0.1, 0.15) is 32.6 Å². The van der Waals surface area contributed by atoms with Gasteiger partial charge in [0.1, 0.15) is 0 Å². The number of sulfonamides is 1. The Morgan fingerprint density at radius 2 is 1.61 bits per heavy atom. The molecule has 7 nitrogen and oxygen atoms in total. The van der Waals surface area contributed by atoms with Crippen LogP contribution in [-0.4, -0.2) is 37.7 Å². The second-order valence-corrected chi connectivity index (χ2v) is 9.51. The molecule has 1 saturated heterocycles. The zero-order valence-electron chi connectivity index (χ0n) is 15.8. The van der Waals surface area contributed by atoms with Crippen LogP contribution in [0.5, 0.6) is 0 Å². The average molecular weight is 405 g/mol. The maximum Gasteiger partial charge on any atom is 0.243 e. The maximum absolute atomic E-state index is 12.8. The van der Waals surface area contributed by atoms with Crippen LogP contribution in [0.25, 0.3) is 0 Å². The summed E-state index contributed by atoms with van der Waals surface area (Å²) >= 11 is 0. The van der Waals surface area contributed by atoms with Gasteiger partial charge in [0, 0.05) is 30.7 Å². The van der Waals surface area contributed by atoms with Gasteiger partial charge in [-0.25, -0.2) is 8.42 Å². The van der Waals surface area contributed by atoms with Crippen molar-refractivity contribution >= 4 is 27.6 Å². The molecule has 0 unspecified atom stereocenters. The fraction of sp³-hybridized carbons (Fsp3) is 0.500. The minimum atomic E-state index is -3.55. The van der Waals surface area contributed by atoms with Crippen LogP contribution >= 0.6 is 0 Å². The number of carboxylic acid groups (broad SMARTS) is 1. The Labute approximate surface area is 165 Å². The van der Waals surface area contributed by atoms with Crippen LogP contribution in [0.2, 0.25) is 0 Å². The molecule has 1 aliphatic carbocycles. The fourth-order valence-electron chi connectivity index (χ4n) is 3.68. The Hall–Kier alpha value is -2.19. The summed E-state index contributed by atoms with van der Waals surface area (Å²) < 4.78 is 27.0. The molecule has 0 bridgehead atoms. The maximum atomic E-state index is 12.8. The zero-order chi connectivity index (χ0) is 20.3. The van der Waals surface area contributed by atoms with Gasteiger partial charge >= 0.3 is 0 Å². The molecule has 1 heterocycles. The van der Waals surface area contributed by atoms with Crippen molar-refractivity contribution in [2.75, 3.05) is 18.4 Å². The Morgan fingerprint density at radius 1 is 1.04 bits per heavy atom. The molecule has 1 aromatic rings. The van der Waals surface area contributed by atoms with Gasteiger partial charge in [0.15, 0.2) is 0 Å². The van der Waals surface area contributed by atoms with E-state index in [4.69, 9.17) is 0 Å². The lowest BCUT2D eigenvalue weighted by atomic mass is 9.82. The first-order chi connectivity index (χ1) is 13.3. The predicted octanol–water partition coefficient (Wildman–Crippen LogP) is 1.38. The van der Waals surface area contributed by atoms with Gasteiger partial charge in [0.05, 0.1) is 10.8 Å². The molecule has 2 aliphatic rings. The number of nitrogens with zero attached hydrogens (tertiary/aromatic N) is 1. The molecule has 1 fully saturated rings. The number of carbonyl (C=O) groups excluding carboxylic acids is 2. The van der Waals surface area contributed by atoms with E-state index in [1.54, 1.807) is 12.2 Å². The van der Waals surface area contributed by atoms with Crippen molar-refractivity contribution in [2.24, 2.45) is 17.8 Å². The van der Waals surface area contributed by atoms with Crippen molar-refractivity contribution in [1.29, 1.82) is 0 Å².